The first kappa shape index (κ1) is 37.6. The zero-order chi connectivity index (χ0) is 36.3. The van der Waals surface area contributed by atoms with Crippen molar-refractivity contribution in [2.24, 2.45) is 17.8 Å². The van der Waals surface area contributed by atoms with Crippen LogP contribution in [0, 0.1) is 23.6 Å². The lowest BCUT2D eigenvalue weighted by atomic mass is 9.88. The van der Waals surface area contributed by atoms with Gasteiger partial charge in [0.2, 0.25) is 11.8 Å². The molecule has 2 atom stereocenters. The third-order valence-electron chi connectivity index (χ3n) is 8.53. The molecule has 2 fully saturated rings. The molecule has 3 N–H and O–H groups in total. The van der Waals surface area contributed by atoms with Crippen LogP contribution in [0.1, 0.15) is 95.2 Å². The number of hydrogen-bond acceptors (Lipinski definition) is 6. The van der Waals surface area contributed by atoms with Crippen molar-refractivity contribution in [2.75, 3.05) is 25.0 Å². The maximum atomic E-state index is 15.5. The monoisotopic (exact) mass is 694 g/mol. The van der Waals surface area contributed by atoms with E-state index in [1.54, 1.807) is 31.5 Å². The Morgan fingerprint density at radius 3 is 2.18 bits per heavy atom. The number of alkyl halides is 3. The number of carbonyl (C=O) groups is 4. The van der Waals surface area contributed by atoms with Gasteiger partial charge < -0.3 is 25.6 Å². The zero-order valence-corrected chi connectivity index (χ0v) is 28.7. The summed E-state index contributed by atoms with van der Waals surface area (Å²) in [6.07, 6.45) is -0.326. The van der Waals surface area contributed by atoms with Gasteiger partial charge in [-0.15, -0.1) is 0 Å². The Balaban J connectivity index is 1.47. The van der Waals surface area contributed by atoms with Gasteiger partial charge in [-0.25, -0.2) is 9.18 Å². The summed E-state index contributed by atoms with van der Waals surface area (Å²) in [5.41, 5.74) is -0.626. The van der Waals surface area contributed by atoms with Gasteiger partial charge in [-0.1, -0.05) is 6.07 Å². The Hall–Kier alpha value is -4.17. The van der Waals surface area contributed by atoms with E-state index in [0.717, 1.165) is 31.7 Å². The predicted molar refractivity (Wildman–Crippen MR) is 173 cm³/mol. The van der Waals surface area contributed by atoms with Gasteiger partial charge in [0.15, 0.2) is 0 Å². The molecule has 0 saturated heterocycles. The molecule has 1 aromatic heterocycles. The van der Waals surface area contributed by atoms with Crippen LogP contribution >= 0.6 is 0 Å². The topological polar surface area (TPSA) is 135 Å². The predicted octanol–water partition coefficient (Wildman–Crippen LogP) is 5.80. The normalized spacial score (nSPS) is 16.2. The number of nitrogens with one attached hydrogen (secondary N) is 3. The molecular weight excluding hydrogens is 648 g/mol. The fourth-order valence-electron chi connectivity index (χ4n) is 5.97. The molecule has 11 nitrogen and oxygen atoms in total. The summed E-state index contributed by atoms with van der Waals surface area (Å²) in [5.74, 6) is -3.66. The van der Waals surface area contributed by atoms with Crippen LogP contribution in [0.2, 0.25) is 0 Å². The Kier molecular flexibility index (Phi) is 11.6. The molecule has 0 spiro atoms. The summed E-state index contributed by atoms with van der Waals surface area (Å²) >= 11 is 0. The van der Waals surface area contributed by atoms with Crippen molar-refractivity contribution < 1.29 is 41.5 Å². The minimum absolute atomic E-state index is 0.0911. The standard InChI is InChI=1S/C34H46F4N6O5/c1-19(2)44-26(13-14-40-44)29(45)42-28(27(21-7-8-21)22-9-10-22)30(46)41-25-12-11-23(17-24(25)35)20(3)31(47)43(18-34(36,37)38)16-15-39-32(48)49-33(4,5)6/h11-14,17,19-22,27-28H,7-10,15-16,18H2,1-6H3,(H,39,48)(H,41,46)(H,42,45)/t20-,28-/m0/s1. The number of nitrogens with zero attached hydrogens (tertiary/aromatic N) is 3. The minimum atomic E-state index is -4.72. The highest BCUT2D eigenvalue weighted by molar-refractivity contribution is 6.01. The number of alkyl carbamates (subject to hydrolysis) is 1. The average molecular weight is 695 g/mol. The van der Waals surface area contributed by atoms with Crippen molar-refractivity contribution >= 4 is 29.5 Å². The molecule has 2 aromatic rings. The van der Waals surface area contributed by atoms with Gasteiger partial charge in [-0.3, -0.25) is 19.1 Å². The molecule has 1 heterocycles. The maximum absolute atomic E-state index is 15.5. The van der Waals surface area contributed by atoms with E-state index in [-0.39, 0.29) is 41.6 Å². The SMILES string of the molecule is CC(C)n1nccc1C(=O)N[C@H](C(=O)Nc1ccc([C@H](C)C(=O)N(CCNC(=O)OC(C)(C)C)CC(F)(F)F)cc1F)C(C1CC1)C1CC1. The van der Waals surface area contributed by atoms with Crippen LogP contribution in [0.4, 0.5) is 28.0 Å². The van der Waals surface area contributed by atoms with Gasteiger partial charge in [0, 0.05) is 25.3 Å². The van der Waals surface area contributed by atoms with Crippen LogP contribution in [0.3, 0.4) is 0 Å². The number of benzene rings is 1. The molecule has 0 radical (unpaired) electrons. The number of anilines is 1. The first-order valence-electron chi connectivity index (χ1n) is 16.6. The van der Waals surface area contributed by atoms with Crippen molar-refractivity contribution in [1.29, 1.82) is 0 Å². The van der Waals surface area contributed by atoms with E-state index in [1.807, 2.05) is 13.8 Å². The van der Waals surface area contributed by atoms with Crippen LogP contribution in [-0.2, 0) is 14.3 Å². The van der Waals surface area contributed by atoms with Crippen molar-refractivity contribution in [3.63, 3.8) is 0 Å². The number of carbonyl (C=O) groups excluding carboxylic acids is 4. The molecule has 0 aliphatic heterocycles. The molecular formula is C34H46F4N6O5. The Bertz CT molecular complexity index is 1500. The number of ether oxygens (including phenoxy) is 1. The first-order chi connectivity index (χ1) is 22.8. The highest BCUT2D eigenvalue weighted by Gasteiger charge is 2.48. The first-order valence-corrected chi connectivity index (χ1v) is 16.6. The summed E-state index contributed by atoms with van der Waals surface area (Å²) in [7, 11) is 0. The fourth-order valence-corrected chi connectivity index (χ4v) is 5.97. The maximum Gasteiger partial charge on any atom is 0.407 e. The third kappa shape index (κ3) is 10.7. The van der Waals surface area contributed by atoms with E-state index < -0.39 is 66.5 Å². The highest BCUT2D eigenvalue weighted by atomic mass is 19.4. The quantitative estimate of drug-likeness (QED) is 0.214. The highest BCUT2D eigenvalue weighted by Crippen LogP contribution is 2.51. The average Bonchev–Trinajstić information content (AvgIpc) is 3.94. The summed E-state index contributed by atoms with van der Waals surface area (Å²) in [6, 6.07) is 4.15. The number of hydrogen-bond donors (Lipinski definition) is 3. The zero-order valence-electron chi connectivity index (χ0n) is 28.7. The number of halogens is 4. The molecule has 2 aliphatic carbocycles. The second-order valence-electron chi connectivity index (χ2n) is 14.2. The molecule has 4 amide bonds. The van der Waals surface area contributed by atoms with E-state index in [1.165, 1.54) is 25.3 Å². The molecule has 2 aliphatic rings. The van der Waals surface area contributed by atoms with E-state index >= 15 is 4.39 Å². The molecule has 0 bridgehead atoms. The summed E-state index contributed by atoms with van der Waals surface area (Å²) in [4.78, 5) is 52.8. The number of rotatable bonds is 14. The van der Waals surface area contributed by atoms with Crippen molar-refractivity contribution in [3.05, 3.63) is 47.5 Å². The van der Waals surface area contributed by atoms with E-state index in [2.05, 4.69) is 21.0 Å². The molecule has 49 heavy (non-hydrogen) atoms. The molecule has 0 unspecified atom stereocenters. The lowest BCUT2D eigenvalue weighted by Crippen LogP contribution is -2.50. The Morgan fingerprint density at radius 2 is 1.65 bits per heavy atom. The van der Waals surface area contributed by atoms with Crippen molar-refractivity contribution in [3.8, 4) is 0 Å². The summed E-state index contributed by atoms with van der Waals surface area (Å²) < 4.78 is 62.3. The van der Waals surface area contributed by atoms with Gasteiger partial charge in [0.25, 0.3) is 5.91 Å². The molecule has 15 heteroatoms. The lowest BCUT2D eigenvalue weighted by Gasteiger charge is -2.28. The van der Waals surface area contributed by atoms with Gasteiger partial charge in [0.05, 0.1) is 11.6 Å². The van der Waals surface area contributed by atoms with Crippen LogP contribution in [0.25, 0.3) is 0 Å². The van der Waals surface area contributed by atoms with Crippen LogP contribution in [0.5, 0.6) is 0 Å². The lowest BCUT2D eigenvalue weighted by molar-refractivity contribution is -0.161. The van der Waals surface area contributed by atoms with Crippen molar-refractivity contribution in [2.45, 2.75) is 97.0 Å². The Labute approximate surface area is 283 Å². The van der Waals surface area contributed by atoms with Gasteiger partial charge >= 0.3 is 12.3 Å². The van der Waals surface area contributed by atoms with Gasteiger partial charge in [-0.05, 0) is 109 Å². The smallest absolute Gasteiger partial charge is 0.407 e. The van der Waals surface area contributed by atoms with E-state index in [4.69, 9.17) is 4.74 Å². The molecule has 2 saturated carbocycles. The Morgan fingerprint density at radius 1 is 1.02 bits per heavy atom. The number of aromatic nitrogens is 2. The minimum Gasteiger partial charge on any atom is -0.444 e. The van der Waals surface area contributed by atoms with Crippen LogP contribution in [0.15, 0.2) is 30.5 Å². The van der Waals surface area contributed by atoms with Gasteiger partial charge in [-0.2, -0.15) is 18.3 Å². The molecule has 270 valence electrons. The number of amides is 4. The van der Waals surface area contributed by atoms with E-state index in [9.17, 15) is 32.3 Å². The largest absolute Gasteiger partial charge is 0.444 e. The van der Waals surface area contributed by atoms with Crippen LogP contribution in [-0.4, -0.2) is 75.9 Å². The second kappa shape index (κ2) is 15.2. The second-order valence-corrected chi connectivity index (χ2v) is 14.2. The van der Waals surface area contributed by atoms with Gasteiger partial charge in [0.1, 0.15) is 29.7 Å². The molecule has 4 rings (SSSR count). The fraction of sp³-hybridized carbons (Fsp3) is 0.618. The van der Waals surface area contributed by atoms with E-state index in [0.29, 0.717) is 10.6 Å². The van der Waals surface area contributed by atoms with Crippen LogP contribution < -0.4 is 16.0 Å². The summed E-state index contributed by atoms with van der Waals surface area (Å²) in [5, 5.41) is 12.0. The molecule has 1 aromatic carbocycles. The summed E-state index contributed by atoms with van der Waals surface area (Å²) in [6.45, 7) is 7.66. The van der Waals surface area contributed by atoms with Crippen molar-refractivity contribution in [1.82, 2.24) is 25.3 Å². The third-order valence-corrected chi connectivity index (χ3v) is 8.53.